The van der Waals surface area contributed by atoms with Crippen molar-refractivity contribution in [1.29, 1.82) is 0 Å². The molecular formula is C21H22Br2N4O4S. The summed E-state index contributed by atoms with van der Waals surface area (Å²) in [6.07, 6.45) is -0.0587. The fourth-order valence-corrected chi connectivity index (χ4v) is 3.84. The Morgan fingerprint density at radius 3 is 2.34 bits per heavy atom. The van der Waals surface area contributed by atoms with Crippen molar-refractivity contribution in [2.75, 3.05) is 11.9 Å². The maximum absolute atomic E-state index is 12.1. The first kappa shape index (κ1) is 25.8. The van der Waals surface area contributed by atoms with Gasteiger partial charge in [0.2, 0.25) is 11.8 Å². The average Bonchev–Trinajstić information content (AvgIpc) is 2.72. The highest BCUT2D eigenvalue weighted by Gasteiger charge is 2.11. The number of hydrazine groups is 1. The van der Waals surface area contributed by atoms with Gasteiger partial charge in [0.05, 0.1) is 4.47 Å². The number of hydrogen-bond acceptors (Lipinski definition) is 5. The molecule has 170 valence electrons. The van der Waals surface area contributed by atoms with Crippen LogP contribution in [0, 0.1) is 13.8 Å². The van der Waals surface area contributed by atoms with Crippen LogP contribution in [0.15, 0.2) is 45.3 Å². The van der Waals surface area contributed by atoms with Crippen LogP contribution in [-0.4, -0.2) is 29.4 Å². The summed E-state index contributed by atoms with van der Waals surface area (Å²) in [6, 6.07) is 11.0. The van der Waals surface area contributed by atoms with Gasteiger partial charge in [0.15, 0.2) is 11.7 Å². The Morgan fingerprint density at radius 1 is 0.938 bits per heavy atom. The van der Waals surface area contributed by atoms with Crippen molar-refractivity contribution in [3.63, 3.8) is 0 Å². The van der Waals surface area contributed by atoms with Crippen LogP contribution in [0.3, 0.4) is 0 Å². The lowest BCUT2D eigenvalue weighted by molar-refractivity contribution is -0.125. The van der Waals surface area contributed by atoms with Gasteiger partial charge < -0.3 is 10.1 Å². The molecule has 0 bridgehead atoms. The first-order valence-corrected chi connectivity index (χ1v) is 11.5. The van der Waals surface area contributed by atoms with Gasteiger partial charge in [-0.1, -0.05) is 33.6 Å². The highest BCUT2D eigenvalue weighted by molar-refractivity contribution is 9.11. The van der Waals surface area contributed by atoms with Crippen molar-refractivity contribution in [3.05, 3.63) is 56.5 Å². The van der Waals surface area contributed by atoms with Crippen molar-refractivity contribution in [2.45, 2.75) is 26.7 Å². The first-order chi connectivity index (χ1) is 15.1. The largest absolute Gasteiger partial charge is 0.483 e. The molecule has 4 N–H and O–H groups in total. The Kier molecular flexibility index (Phi) is 10.1. The minimum absolute atomic E-state index is 0.00411. The molecule has 0 saturated heterocycles. The second-order valence-electron chi connectivity index (χ2n) is 6.78. The van der Waals surface area contributed by atoms with Gasteiger partial charge in [0.25, 0.3) is 5.91 Å². The van der Waals surface area contributed by atoms with Crippen LogP contribution in [0.5, 0.6) is 5.75 Å². The monoisotopic (exact) mass is 584 g/mol. The van der Waals surface area contributed by atoms with Gasteiger partial charge in [-0.3, -0.25) is 30.6 Å². The molecule has 0 aromatic heterocycles. The van der Waals surface area contributed by atoms with Crippen LogP contribution in [0.2, 0.25) is 0 Å². The third-order valence-electron chi connectivity index (χ3n) is 4.06. The standard InChI is InChI=1S/C21H22Br2N4O4S/c1-12-3-5-16(13(2)9-12)24-18(28)7-8-19(29)26-27-21(32)25-20(30)11-31-17-6-4-14(22)10-15(17)23/h3-6,9-10H,7-8,11H2,1-2H3,(H,24,28)(H,26,29)(H2,25,27,30,32). The summed E-state index contributed by atoms with van der Waals surface area (Å²) in [5, 5.41) is 5.06. The van der Waals surface area contributed by atoms with E-state index in [1.165, 1.54) is 0 Å². The number of carbonyl (C=O) groups is 3. The van der Waals surface area contributed by atoms with Crippen LogP contribution in [0.1, 0.15) is 24.0 Å². The third-order valence-corrected chi connectivity index (χ3v) is 5.37. The molecule has 0 unspecified atom stereocenters. The molecule has 0 aliphatic carbocycles. The predicted octanol–water partition coefficient (Wildman–Crippen LogP) is 3.65. The Balaban J connectivity index is 1.65. The Hall–Kier alpha value is -2.50. The summed E-state index contributed by atoms with van der Waals surface area (Å²) in [4.78, 5) is 35.9. The number of anilines is 1. The summed E-state index contributed by atoms with van der Waals surface area (Å²) in [6.45, 7) is 3.60. The fourth-order valence-electron chi connectivity index (χ4n) is 2.51. The van der Waals surface area contributed by atoms with Crippen molar-refractivity contribution in [2.24, 2.45) is 0 Å². The van der Waals surface area contributed by atoms with E-state index in [9.17, 15) is 14.4 Å². The fraction of sp³-hybridized carbons (Fsp3) is 0.238. The maximum Gasteiger partial charge on any atom is 0.264 e. The van der Waals surface area contributed by atoms with Crippen LogP contribution in [-0.2, 0) is 14.4 Å². The number of benzene rings is 2. The van der Waals surface area contributed by atoms with Crippen LogP contribution in [0.4, 0.5) is 5.69 Å². The highest BCUT2D eigenvalue weighted by atomic mass is 79.9. The maximum atomic E-state index is 12.1. The summed E-state index contributed by atoms with van der Waals surface area (Å²) < 4.78 is 6.96. The number of amides is 3. The van der Waals surface area contributed by atoms with E-state index in [2.05, 4.69) is 53.3 Å². The number of halogens is 2. The summed E-state index contributed by atoms with van der Waals surface area (Å²) >= 11 is 11.6. The van der Waals surface area contributed by atoms with E-state index in [1.54, 1.807) is 18.2 Å². The zero-order valence-corrected chi connectivity index (χ0v) is 21.4. The summed E-state index contributed by atoms with van der Waals surface area (Å²) in [7, 11) is 0. The molecule has 8 nitrogen and oxygen atoms in total. The van der Waals surface area contributed by atoms with Crippen molar-refractivity contribution in [1.82, 2.24) is 16.2 Å². The van der Waals surface area contributed by atoms with E-state index in [4.69, 9.17) is 17.0 Å². The van der Waals surface area contributed by atoms with Crippen LogP contribution >= 0.6 is 44.1 Å². The molecule has 2 rings (SSSR count). The number of carbonyl (C=O) groups excluding carboxylic acids is 3. The van der Waals surface area contributed by atoms with Crippen molar-refractivity contribution < 1.29 is 19.1 Å². The third kappa shape index (κ3) is 8.93. The second kappa shape index (κ2) is 12.5. The van der Waals surface area contributed by atoms with Crippen molar-refractivity contribution in [3.8, 4) is 5.75 Å². The summed E-state index contributed by atoms with van der Waals surface area (Å²) in [5.74, 6) is -0.735. The first-order valence-electron chi connectivity index (χ1n) is 9.47. The topological polar surface area (TPSA) is 109 Å². The van der Waals surface area contributed by atoms with E-state index < -0.39 is 11.8 Å². The highest BCUT2D eigenvalue weighted by Crippen LogP contribution is 2.28. The van der Waals surface area contributed by atoms with Gasteiger partial charge in [-0.05, 0) is 71.8 Å². The van der Waals surface area contributed by atoms with Gasteiger partial charge in [0, 0.05) is 23.0 Å². The number of rotatable bonds is 7. The van der Waals surface area contributed by atoms with E-state index >= 15 is 0 Å². The zero-order valence-electron chi connectivity index (χ0n) is 17.4. The molecule has 2 aromatic carbocycles. The molecule has 0 spiro atoms. The van der Waals surface area contributed by atoms with Gasteiger partial charge >= 0.3 is 0 Å². The van der Waals surface area contributed by atoms with Crippen LogP contribution < -0.4 is 26.2 Å². The van der Waals surface area contributed by atoms with E-state index in [0.29, 0.717) is 15.9 Å². The molecule has 3 amide bonds. The molecule has 2 aromatic rings. The molecule has 0 aliphatic rings. The van der Waals surface area contributed by atoms with E-state index in [1.807, 2.05) is 32.0 Å². The van der Waals surface area contributed by atoms with E-state index in [0.717, 1.165) is 15.6 Å². The second-order valence-corrected chi connectivity index (χ2v) is 8.96. The predicted molar refractivity (Wildman–Crippen MR) is 133 cm³/mol. The van der Waals surface area contributed by atoms with Crippen LogP contribution in [0.25, 0.3) is 0 Å². The lowest BCUT2D eigenvalue weighted by Crippen LogP contribution is -2.49. The number of aryl methyl sites for hydroxylation is 2. The number of nitrogens with one attached hydrogen (secondary N) is 4. The minimum atomic E-state index is -0.501. The quantitative estimate of drug-likeness (QED) is 0.292. The minimum Gasteiger partial charge on any atom is -0.483 e. The number of hydrogen-bond donors (Lipinski definition) is 4. The number of ether oxygens (including phenoxy) is 1. The average molecular weight is 586 g/mol. The molecule has 0 heterocycles. The Bertz CT molecular complexity index is 1030. The van der Waals surface area contributed by atoms with Gasteiger partial charge in [0.1, 0.15) is 5.75 Å². The molecule has 0 atom stereocenters. The molecule has 0 fully saturated rings. The van der Waals surface area contributed by atoms with Gasteiger partial charge in [-0.2, -0.15) is 0 Å². The molecule has 32 heavy (non-hydrogen) atoms. The SMILES string of the molecule is Cc1ccc(NC(=O)CCC(=O)NNC(=S)NC(=O)COc2ccc(Br)cc2Br)c(C)c1. The number of thiocarbonyl (C=S) groups is 1. The lowest BCUT2D eigenvalue weighted by atomic mass is 10.1. The molecule has 11 heteroatoms. The normalized spacial score (nSPS) is 10.1. The Morgan fingerprint density at radius 2 is 1.66 bits per heavy atom. The van der Waals surface area contributed by atoms with Crippen molar-refractivity contribution >= 4 is 72.6 Å². The van der Waals surface area contributed by atoms with E-state index in [-0.39, 0.29) is 30.5 Å². The molecule has 0 radical (unpaired) electrons. The molecule has 0 saturated carbocycles. The summed E-state index contributed by atoms with van der Waals surface area (Å²) in [5.41, 5.74) is 7.51. The smallest absolute Gasteiger partial charge is 0.264 e. The van der Waals surface area contributed by atoms with Gasteiger partial charge in [-0.25, -0.2) is 0 Å². The molecular weight excluding hydrogens is 564 g/mol. The zero-order chi connectivity index (χ0) is 23.7. The lowest BCUT2D eigenvalue weighted by Gasteiger charge is -2.12. The molecule has 0 aliphatic heterocycles. The Labute approximate surface area is 208 Å². The van der Waals surface area contributed by atoms with Gasteiger partial charge in [-0.15, -0.1) is 0 Å².